The van der Waals surface area contributed by atoms with E-state index >= 15 is 0 Å². The number of amides is 1. The van der Waals surface area contributed by atoms with Crippen molar-refractivity contribution >= 4 is 17.7 Å². The number of benzene rings is 2. The molecule has 0 aliphatic carbocycles. The van der Waals surface area contributed by atoms with Crippen molar-refractivity contribution < 1.29 is 18.0 Å². The van der Waals surface area contributed by atoms with Crippen molar-refractivity contribution in [3.05, 3.63) is 71.8 Å². The van der Waals surface area contributed by atoms with Gasteiger partial charge in [0.05, 0.1) is 5.56 Å². The molecule has 0 radical (unpaired) electrons. The van der Waals surface area contributed by atoms with Crippen LogP contribution in [0.2, 0.25) is 0 Å². The molecular weight excluding hydrogens is 353 g/mol. The number of hydrogen-bond donors (Lipinski definition) is 1. The van der Waals surface area contributed by atoms with Crippen LogP contribution in [0.25, 0.3) is 6.08 Å². The van der Waals surface area contributed by atoms with E-state index in [9.17, 15) is 18.0 Å². The molecule has 2 aromatic rings. The Morgan fingerprint density at radius 3 is 2.48 bits per heavy atom. The van der Waals surface area contributed by atoms with Gasteiger partial charge in [-0.1, -0.05) is 30.3 Å². The van der Waals surface area contributed by atoms with Crippen molar-refractivity contribution in [3.8, 4) is 0 Å². The average Bonchev–Trinajstić information content (AvgIpc) is 3.13. The number of nitrogens with one attached hydrogen (secondary N) is 1. The number of rotatable bonds is 5. The number of carbonyl (C=O) groups excluding carboxylic acids is 1. The lowest BCUT2D eigenvalue weighted by Gasteiger charge is -2.27. The van der Waals surface area contributed by atoms with Crippen LogP contribution < -0.4 is 10.2 Å². The van der Waals surface area contributed by atoms with Gasteiger partial charge in [-0.3, -0.25) is 4.79 Å². The van der Waals surface area contributed by atoms with E-state index in [0.717, 1.165) is 42.8 Å². The molecule has 1 aliphatic rings. The molecule has 1 amide bonds. The summed E-state index contributed by atoms with van der Waals surface area (Å²) in [6.45, 7) is 1.23. The summed E-state index contributed by atoms with van der Waals surface area (Å²) in [5, 5.41) is 2.88. The Bertz CT molecular complexity index is 785. The minimum Gasteiger partial charge on any atom is -0.367 e. The molecule has 0 unspecified atom stereocenters. The van der Waals surface area contributed by atoms with E-state index in [2.05, 4.69) is 10.2 Å². The fourth-order valence-electron chi connectivity index (χ4n) is 3.24. The molecule has 1 aliphatic heterocycles. The van der Waals surface area contributed by atoms with Gasteiger partial charge in [0.25, 0.3) is 0 Å². The predicted molar refractivity (Wildman–Crippen MR) is 100 cm³/mol. The number of anilines is 1. The van der Waals surface area contributed by atoms with Gasteiger partial charge < -0.3 is 10.2 Å². The third-order valence-corrected chi connectivity index (χ3v) is 4.64. The van der Waals surface area contributed by atoms with Crippen molar-refractivity contribution in [2.24, 2.45) is 0 Å². The smallest absolute Gasteiger partial charge is 0.367 e. The van der Waals surface area contributed by atoms with E-state index in [-0.39, 0.29) is 11.9 Å². The van der Waals surface area contributed by atoms with Crippen molar-refractivity contribution in [3.63, 3.8) is 0 Å². The number of alkyl halides is 3. The fourth-order valence-corrected chi connectivity index (χ4v) is 3.24. The van der Waals surface area contributed by atoms with E-state index < -0.39 is 11.7 Å². The van der Waals surface area contributed by atoms with E-state index in [1.54, 1.807) is 6.08 Å². The average molecular weight is 374 g/mol. The lowest BCUT2D eigenvalue weighted by Crippen LogP contribution is -2.39. The van der Waals surface area contributed by atoms with Gasteiger partial charge in [0.2, 0.25) is 5.91 Å². The summed E-state index contributed by atoms with van der Waals surface area (Å²) < 4.78 is 38.1. The van der Waals surface area contributed by atoms with Gasteiger partial charge in [0.15, 0.2) is 0 Å². The molecule has 3 rings (SSSR count). The highest BCUT2D eigenvalue weighted by Crippen LogP contribution is 2.32. The number of hydrogen-bond acceptors (Lipinski definition) is 2. The summed E-state index contributed by atoms with van der Waals surface area (Å²) >= 11 is 0. The third kappa shape index (κ3) is 5.12. The summed E-state index contributed by atoms with van der Waals surface area (Å²) in [6, 6.07) is 14.8. The molecule has 27 heavy (non-hydrogen) atoms. The minimum absolute atomic E-state index is 0.0795. The van der Waals surface area contributed by atoms with Crippen molar-refractivity contribution in [2.75, 3.05) is 18.0 Å². The second-order valence-corrected chi connectivity index (χ2v) is 6.52. The standard InChI is InChI=1S/C21H21F3N2O/c22-21(23,24)17-9-11-18(12-10-17)26-14-4-7-19(26)15-25-20(27)13-8-16-5-2-1-3-6-16/h1-3,5-6,8-13,19H,4,7,14-15H2,(H,25,27)/b13-8+/t19-/m1/s1. The molecule has 1 fully saturated rings. The van der Waals surface area contributed by atoms with Gasteiger partial charge in [-0.2, -0.15) is 13.2 Å². The zero-order chi connectivity index (χ0) is 19.3. The highest BCUT2D eigenvalue weighted by molar-refractivity contribution is 5.91. The summed E-state index contributed by atoms with van der Waals surface area (Å²) in [5.74, 6) is -0.182. The Kier molecular flexibility index (Phi) is 5.84. The second-order valence-electron chi connectivity index (χ2n) is 6.52. The van der Waals surface area contributed by atoms with Crippen LogP contribution in [0, 0.1) is 0 Å². The van der Waals surface area contributed by atoms with Crippen molar-refractivity contribution in [2.45, 2.75) is 25.1 Å². The van der Waals surface area contributed by atoms with Crippen LogP contribution in [0.1, 0.15) is 24.0 Å². The van der Waals surface area contributed by atoms with E-state index in [1.165, 1.54) is 18.2 Å². The number of halogens is 3. The zero-order valence-electron chi connectivity index (χ0n) is 14.7. The molecule has 6 heteroatoms. The van der Waals surface area contributed by atoms with E-state index in [0.29, 0.717) is 6.54 Å². The highest BCUT2D eigenvalue weighted by atomic mass is 19.4. The first-order valence-electron chi connectivity index (χ1n) is 8.88. The van der Waals surface area contributed by atoms with Gasteiger partial charge in [0.1, 0.15) is 0 Å². The molecule has 1 saturated heterocycles. The molecule has 3 nitrogen and oxygen atoms in total. The van der Waals surface area contributed by atoms with Crippen molar-refractivity contribution in [1.82, 2.24) is 5.32 Å². The molecule has 0 aromatic heterocycles. The fraction of sp³-hybridized carbons (Fsp3) is 0.286. The molecule has 1 heterocycles. The Balaban J connectivity index is 1.57. The topological polar surface area (TPSA) is 32.3 Å². The summed E-state index contributed by atoms with van der Waals surface area (Å²) in [6.07, 6.45) is 0.748. The van der Waals surface area contributed by atoms with Crippen molar-refractivity contribution in [1.29, 1.82) is 0 Å². The minimum atomic E-state index is -4.33. The normalized spacial score (nSPS) is 17.4. The van der Waals surface area contributed by atoms with Gasteiger partial charge in [0, 0.05) is 30.9 Å². The second kappa shape index (κ2) is 8.29. The molecular formula is C21H21F3N2O. The Morgan fingerprint density at radius 1 is 1.11 bits per heavy atom. The molecule has 0 saturated carbocycles. The first-order chi connectivity index (χ1) is 12.9. The Morgan fingerprint density at radius 2 is 1.81 bits per heavy atom. The van der Waals surface area contributed by atoms with Crippen LogP contribution in [-0.2, 0) is 11.0 Å². The molecule has 1 atom stereocenters. The molecule has 2 aromatic carbocycles. The van der Waals surface area contributed by atoms with E-state index in [4.69, 9.17) is 0 Å². The first-order valence-corrected chi connectivity index (χ1v) is 8.88. The van der Waals surface area contributed by atoms with Gasteiger partial charge in [-0.25, -0.2) is 0 Å². The molecule has 1 N–H and O–H groups in total. The molecule has 142 valence electrons. The van der Waals surface area contributed by atoms with Crippen LogP contribution in [0.4, 0.5) is 18.9 Å². The maximum Gasteiger partial charge on any atom is 0.416 e. The summed E-state index contributed by atoms with van der Waals surface area (Å²) in [5.41, 5.74) is 1.04. The Hall–Kier alpha value is -2.76. The SMILES string of the molecule is O=C(/C=C/c1ccccc1)NC[C@H]1CCCN1c1ccc(C(F)(F)F)cc1. The maximum atomic E-state index is 12.7. The quantitative estimate of drug-likeness (QED) is 0.782. The monoisotopic (exact) mass is 374 g/mol. The predicted octanol–water partition coefficient (Wildman–Crippen LogP) is 4.50. The zero-order valence-corrected chi connectivity index (χ0v) is 14.7. The summed E-state index contributed by atoms with van der Waals surface area (Å²) in [4.78, 5) is 14.1. The lowest BCUT2D eigenvalue weighted by atomic mass is 10.1. The van der Waals surface area contributed by atoms with Crippen LogP contribution in [0.3, 0.4) is 0 Å². The largest absolute Gasteiger partial charge is 0.416 e. The van der Waals surface area contributed by atoms with Gasteiger partial charge >= 0.3 is 6.18 Å². The van der Waals surface area contributed by atoms with E-state index in [1.807, 2.05) is 30.3 Å². The van der Waals surface area contributed by atoms with Gasteiger partial charge in [-0.05, 0) is 48.7 Å². The maximum absolute atomic E-state index is 12.7. The molecule has 0 spiro atoms. The Labute approximate surface area is 156 Å². The summed E-state index contributed by atoms with van der Waals surface area (Å²) in [7, 11) is 0. The van der Waals surface area contributed by atoms with Crippen LogP contribution in [0.5, 0.6) is 0 Å². The lowest BCUT2D eigenvalue weighted by molar-refractivity contribution is -0.137. The highest BCUT2D eigenvalue weighted by Gasteiger charge is 2.31. The van der Waals surface area contributed by atoms with Crippen LogP contribution in [0.15, 0.2) is 60.7 Å². The van der Waals surface area contributed by atoms with Crippen LogP contribution >= 0.6 is 0 Å². The molecule has 0 bridgehead atoms. The number of carbonyl (C=O) groups is 1. The number of nitrogens with zero attached hydrogens (tertiary/aromatic N) is 1. The third-order valence-electron chi connectivity index (χ3n) is 4.64. The van der Waals surface area contributed by atoms with Gasteiger partial charge in [-0.15, -0.1) is 0 Å². The van der Waals surface area contributed by atoms with Crippen LogP contribution in [-0.4, -0.2) is 25.0 Å². The first kappa shape index (κ1) is 19.0.